The van der Waals surface area contributed by atoms with Crippen LogP contribution in [0.15, 0.2) is 23.3 Å². The van der Waals surface area contributed by atoms with Crippen molar-refractivity contribution in [2.24, 2.45) is 16.6 Å². The number of anilines is 1. The second kappa shape index (κ2) is 9.44. The maximum absolute atomic E-state index is 6.19. The van der Waals surface area contributed by atoms with Crippen molar-refractivity contribution in [3.63, 3.8) is 0 Å². The highest BCUT2D eigenvalue weighted by atomic mass is 127. The van der Waals surface area contributed by atoms with Gasteiger partial charge in [-0.3, -0.25) is 0 Å². The standard InChI is InChI=1S/C18H29N5.HI/c1-15-6-5-11-23(14-15)18(19)21-13-16-7-8-20-17(12-16)22-9-3-2-4-10-22;/h7-8,12,15H,2-6,9-11,13-14H2,1H3,(H2,19,21);1H. The molecule has 134 valence electrons. The molecule has 2 aliphatic heterocycles. The van der Waals surface area contributed by atoms with Gasteiger partial charge in [-0.05, 0) is 55.7 Å². The van der Waals surface area contributed by atoms with Gasteiger partial charge in [0.15, 0.2) is 5.96 Å². The number of piperidine rings is 2. The maximum atomic E-state index is 6.19. The summed E-state index contributed by atoms with van der Waals surface area (Å²) in [7, 11) is 0. The average Bonchev–Trinajstić information content (AvgIpc) is 2.61. The number of rotatable bonds is 3. The molecule has 0 aliphatic carbocycles. The van der Waals surface area contributed by atoms with Crippen molar-refractivity contribution in [2.45, 2.75) is 45.6 Å². The van der Waals surface area contributed by atoms with Crippen molar-refractivity contribution in [3.05, 3.63) is 23.9 Å². The number of hydrogen-bond donors (Lipinski definition) is 1. The summed E-state index contributed by atoms with van der Waals surface area (Å²) in [6.45, 7) is 7.23. The first kappa shape index (κ1) is 19.3. The summed E-state index contributed by atoms with van der Waals surface area (Å²) >= 11 is 0. The first-order chi connectivity index (χ1) is 11.2. The lowest BCUT2D eigenvalue weighted by atomic mass is 10.0. The predicted octanol–water partition coefficient (Wildman–Crippen LogP) is 3.24. The Hall–Kier alpha value is -1.05. The Morgan fingerprint density at radius 1 is 1.25 bits per heavy atom. The summed E-state index contributed by atoms with van der Waals surface area (Å²) in [5, 5.41) is 0. The molecule has 2 fully saturated rings. The highest BCUT2D eigenvalue weighted by Crippen LogP contribution is 2.19. The SMILES string of the molecule is CC1CCCN(C(N)=NCc2ccnc(N3CCCCC3)c2)C1.I. The van der Waals surface area contributed by atoms with Crippen LogP contribution in [0.1, 0.15) is 44.6 Å². The van der Waals surface area contributed by atoms with Crippen LogP contribution in [0.2, 0.25) is 0 Å². The van der Waals surface area contributed by atoms with E-state index in [4.69, 9.17) is 5.73 Å². The van der Waals surface area contributed by atoms with E-state index in [1.807, 2.05) is 12.3 Å². The zero-order valence-corrected chi connectivity index (χ0v) is 17.0. The molecule has 0 amide bonds. The number of nitrogens with two attached hydrogens (primary N) is 1. The molecular weight excluding hydrogens is 413 g/mol. The highest BCUT2D eigenvalue weighted by Gasteiger charge is 2.17. The fourth-order valence-electron chi connectivity index (χ4n) is 3.52. The Morgan fingerprint density at radius 3 is 2.79 bits per heavy atom. The third kappa shape index (κ3) is 5.22. The number of nitrogens with zero attached hydrogens (tertiary/aromatic N) is 4. The monoisotopic (exact) mass is 443 g/mol. The predicted molar refractivity (Wildman–Crippen MR) is 111 cm³/mol. The van der Waals surface area contributed by atoms with E-state index in [9.17, 15) is 0 Å². The molecule has 0 aromatic carbocycles. The van der Waals surface area contributed by atoms with Crippen molar-refractivity contribution in [3.8, 4) is 0 Å². The average molecular weight is 443 g/mol. The first-order valence-electron chi connectivity index (χ1n) is 8.97. The summed E-state index contributed by atoms with van der Waals surface area (Å²) in [6.07, 6.45) is 8.28. The van der Waals surface area contributed by atoms with Crippen molar-refractivity contribution < 1.29 is 0 Å². The zero-order chi connectivity index (χ0) is 16.1. The van der Waals surface area contributed by atoms with E-state index in [1.165, 1.54) is 37.7 Å². The van der Waals surface area contributed by atoms with Crippen LogP contribution < -0.4 is 10.6 Å². The lowest BCUT2D eigenvalue weighted by molar-refractivity contribution is 0.270. The zero-order valence-electron chi connectivity index (χ0n) is 14.7. The Balaban J connectivity index is 0.00000208. The van der Waals surface area contributed by atoms with Crippen LogP contribution in [0.4, 0.5) is 5.82 Å². The molecule has 1 aromatic rings. The van der Waals surface area contributed by atoms with E-state index >= 15 is 0 Å². The van der Waals surface area contributed by atoms with Crippen LogP contribution in [0, 0.1) is 5.92 Å². The quantitative estimate of drug-likeness (QED) is 0.443. The van der Waals surface area contributed by atoms with Gasteiger partial charge in [0.1, 0.15) is 5.82 Å². The Morgan fingerprint density at radius 2 is 2.04 bits per heavy atom. The Bertz CT molecular complexity index is 542. The van der Waals surface area contributed by atoms with Crippen molar-refractivity contribution in [1.29, 1.82) is 0 Å². The minimum atomic E-state index is 0. The van der Waals surface area contributed by atoms with Crippen molar-refractivity contribution in [2.75, 3.05) is 31.1 Å². The van der Waals surface area contributed by atoms with Crippen LogP contribution in [-0.2, 0) is 6.54 Å². The van der Waals surface area contributed by atoms with Gasteiger partial charge in [-0.15, -0.1) is 24.0 Å². The van der Waals surface area contributed by atoms with E-state index in [1.54, 1.807) is 0 Å². The minimum Gasteiger partial charge on any atom is -0.370 e. The van der Waals surface area contributed by atoms with Crippen molar-refractivity contribution in [1.82, 2.24) is 9.88 Å². The number of aromatic nitrogens is 1. The van der Waals surface area contributed by atoms with Gasteiger partial charge in [0, 0.05) is 32.4 Å². The van der Waals surface area contributed by atoms with E-state index in [-0.39, 0.29) is 24.0 Å². The summed E-state index contributed by atoms with van der Waals surface area (Å²) in [4.78, 5) is 13.7. The van der Waals surface area contributed by atoms with Gasteiger partial charge in [-0.2, -0.15) is 0 Å². The number of likely N-dealkylation sites (tertiary alicyclic amines) is 1. The molecule has 6 heteroatoms. The second-order valence-electron chi connectivity index (χ2n) is 6.94. The lowest BCUT2D eigenvalue weighted by Gasteiger charge is -2.31. The van der Waals surface area contributed by atoms with Gasteiger partial charge >= 0.3 is 0 Å². The molecule has 2 aliphatic rings. The molecule has 5 nitrogen and oxygen atoms in total. The molecular formula is C18H30IN5. The molecule has 1 aromatic heterocycles. The summed E-state index contributed by atoms with van der Waals surface area (Å²) in [6, 6.07) is 4.21. The van der Waals surface area contributed by atoms with E-state index in [0.29, 0.717) is 18.4 Å². The van der Waals surface area contributed by atoms with Gasteiger partial charge in [-0.1, -0.05) is 6.92 Å². The molecule has 2 saturated heterocycles. The van der Waals surface area contributed by atoms with E-state index in [2.05, 4.69) is 32.8 Å². The summed E-state index contributed by atoms with van der Waals surface area (Å²) in [5.74, 6) is 2.49. The van der Waals surface area contributed by atoms with Gasteiger partial charge in [0.2, 0.25) is 0 Å². The van der Waals surface area contributed by atoms with E-state index in [0.717, 1.165) is 32.0 Å². The molecule has 1 unspecified atom stereocenters. The topological polar surface area (TPSA) is 57.8 Å². The maximum Gasteiger partial charge on any atom is 0.191 e. The van der Waals surface area contributed by atoms with Crippen LogP contribution in [0.5, 0.6) is 0 Å². The van der Waals surface area contributed by atoms with Gasteiger partial charge in [0.05, 0.1) is 6.54 Å². The number of halogens is 1. The molecule has 0 bridgehead atoms. The normalized spacial score (nSPS) is 22.2. The highest BCUT2D eigenvalue weighted by molar-refractivity contribution is 14.0. The molecule has 1 atom stereocenters. The third-order valence-corrected chi connectivity index (χ3v) is 4.89. The molecule has 24 heavy (non-hydrogen) atoms. The van der Waals surface area contributed by atoms with E-state index < -0.39 is 0 Å². The Labute approximate surface area is 162 Å². The lowest BCUT2D eigenvalue weighted by Crippen LogP contribution is -2.43. The number of aliphatic imine (C=N–C) groups is 1. The summed E-state index contributed by atoms with van der Waals surface area (Å²) in [5.41, 5.74) is 7.38. The van der Waals surface area contributed by atoms with Crippen LogP contribution in [0.25, 0.3) is 0 Å². The fraction of sp³-hybridized carbons (Fsp3) is 0.667. The van der Waals surface area contributed by atoms with Crippen LogP contribution in [-0.4, -0.2) is 42.0 Å². The van der Waals surface area contributed by atoms with Crippen LogP contribution >= 0.6 is 24.0 Å². The third-order valence-electron chi connectivity index (χ3n) is 4.89. The largest absolute Gasteiger partial charge is 0.370 e. The van der Waals surface area contributed by atoms with Gasteiger partial charge in [-0.25, -0.2) is 9.98 Å². The number of hydrogen-bond acceptors (Lipinski definition) is 3. The molecule has 3 heterocycles. The summed E-state index contributed by atoms with van der Waals surface area (Å²) < 4.78 is 0. The first-order valence-corrected chi connectivity index (χ1v) is 8.97. The molecule has 0 saturated carbocycles. The number of pyridine rings is 1. The number of guanidine groups is 1. The Kier molecular flexibility index (Phi) is 7.58. The minimum absolute atomic E-state index is 0. The van der Waals surface area contributed by atoms with Crippen molar-refractivity contribution >= 4 is 35.8 Å². The molecule has 3 rings (SSSR count). The molecule has 0 radical (unpaired) electrons. The molecule has 2 N–H and O–H groups in total. The second-order valence-corrected chi connectivity index (χ2v) is 6.94. The smallest absolute Gasteiger partial charge is 0.191 e. The van der Waals surface area contributed by atoms with Gasteiger partial charge < -0.3 is 15.5 Å². The van der Waals surface area contributed by atoms with Gasteiger partial charge in [0.25, 0.3) is 0 Å². The van der Waals surface area contributed by atoms with Crippen LogP contribution in [0.3, 0.4) is 0 Å². The molecule has 0 spiro atoms. The fourth-order valence-corrected chi connectivity index (χ4v) is 3.52.